The van der Waals surface area contributed by atoms with Crippen molar-refractivity contribution in [2.24, 2.45) is 11.8 Å². The summed E-state index contributed by atoms with van der Waals surface area (Å²) in [4.78, 5) is 0. The van der Waals surface area contributed by atoms with Crippen molar-refractivity contribution in [3.63, 3.8) is 0 Å². The average molecular weight is 339 g/mol. The van der Waals surface area contributed by atoms with Crippen LogP contribution in [-0.2, 0) is 0 Å². The normalized spacial score (nSPS) is 14.0. The standard InChI is InChI=1S/C24H50/c1-5-9-12-14-17-21-24(20-16-13-10-6-2)22-23(18-8-4)19-15-11-7-3/h23-24H,5-22H2,1-4H3. The van der Waals surface area contributed by atoms with Crippen LogP contribution in [0.5, 0.6) is 0 Å². The molecule has 146 valence electrons. The zero-order valence-electron chi connectivity index (χ0n) is 17.9. The first-order valence-corrected chi connectivity index (χ1v) is 11.8. The molecular weight excluding hydrogens is 288 g/mol. The zero-order chi connectivity index (χ0) is 17.9. The molecule has 0 aromatic heterocycles. The molecule has 0 radical (unpaired) electrons. The molecule has 0 fully saturated rings. The largest absolute Gasteiger partial charge is 0.0654 e. The van der Waals surface area contributed by atoms with Gasteiger partial charge in [-0.15, -0.1) is 0 Å². The van der Waals surface area contributed by atoms with E-state index in [0.717, 1.165) is 11.8 Å². The van der Waals surface area contributed by atoms with E-state index in [2.05, 4.69) is 27.7 Å². The predicted octanol–water partition coefficient (Wildman–Crippen LogP) is 9.32. The summed E-state index contributed by atoms with van der Waals surface area (Å²) in [6.07, 6.45) is 26.2. The molecule has 0 bridgehead atoms. The van der Waals surface area contributed by atoms with Crippen LogP contribution in [0.3, 0.4) is 0 Å². The second-order valence-corrected chi connectivity index (χ2v) is 8.30. The lowest BCUT2D eigenvalue weighted by Crippen LogP contribution is -2.10. The maximum Gasteiger partial charge on any atom is -0.0412 e. The van der Waals surface area contributed by atoms with E-state index in [-0.39, 0.29) is 0 Å². The average Bonchev–Trinajstić information content (AvgIpc) is 2.58. The SMILES string of the molecule is CCCCCCCC(CCCCCC)CC(CCC)CCCCC. The highest BCUT2D eigenvalue weighted by Gasteiger charge is 2.16. The molecule has 0 saturated carbocycles. The Kier molecular flexibility index (Phi) is 19.3. The molecule has 0 aliphatic rings. The molecule has 0 aromatic rings. The molecule has 0 rings (SSSR count). The van der Waals surface area contributed by atoms with Gasteiger partial charge in [-0.3, -0.25) is 0 Å². The summed E-state index contributed by atoms with van der Waals surface area (Å²) in [5.41, 5.74) is 0. The highest BCUT2D eigenvalue weighted by atomic mass is 14.2. The quantitative estimate of drug-likeness (QED) is 0.206. The third-order valence-corrected chi connectivity index (χ3v) is 5.76. The third kappa shape index (κ3) is 15.5. The van der Waals surface area contributed by atoms with E-state index in [0.29, 0.717) is 0 Å². The van der Waals surface area contributed by atoms with Crippen molar-refractivity contribution in [1.82, 2.24) is 0 Å². The van der Waals surface area contributed by atoms with Crippen molar-refractivity contribution in [2.45, 2.75) is 143 Å². The molecule has 0 aliphatic heterocycles. The minimum Gasteiger partial charge on any atom is -0.0654 e. The lowest BCUT2D eigenvalue weighted by atomic mass is 9.82. The van der Waals surface area contributed by atoms with Gasteiger partial charge in [-0.25, -0.2) is 0 Å². The summed E-state index contributed by atoms with van der Waals surface area (Å²) in [6, 6.07) is 0. The summed E-state index contributed by atoms with van der Waals surface area (Å²) in [5.74, 6) is 2.05. The van der Waals surface area contributed by atoms with Gasteiger partial charge in [0.2, 0.25) is 0 Å². The molecule has 0 amide bonds. The molecule has 0 aromatic carbocycles. The number of hydrogen-bond donors (Lipinski definition) is 0. The van der Waals surface area contributed by atoms with Gasteiger partial charge < -0.3 is 0 Å². The summed E-state index contributed by atoms with van der Waals surface area (Å²) in [5, 5.41) is 0. The second kappa shape index (κ2) is 19.3. The lowest BCUT2D eigenvalue weighted by Gasteiger charge is -2.24. The maximum atomic E-state index is 2.38. The van der Waals surface area contributed by atoms with Crippen LogP contribution < -0.4 is 0 Å². The molecule has 0 heteroatoms. The molecule has 0 heterocycles. The van der Waals surface area contributed by atoms with Crippen molar-refractivity contribution in [1.29, 1.82) is 0 Å². The topological polar surface area (TPSA) is 0 Å². The fourth-order valence-electron chi connectivity index (χ4n) is 4.22. The van der Waals surface area contributed by atoms with Gasteiger partial charge in [0.05, 0.1) is 0 Å². The highest BCUT2D eigenvalue weighted by molar-refractivity contribution is 4.68. The zero-order valence-corrected chi connectivity index (χ0v) is 17.9. The highest BCUT2D eigenvalue weighted by Crippen LogP contribution is 2.30. The Labute approximate surface area is 155 Å². The van der Waals surface area contributed by atoms with E-state index in [4.69, 9.17) is 0 Å². The van der Waals surface area contributed by atoms with Crippen LogP contribution >= 0.6 is 0 Å². The van der Waals surface area contributed by atoms with Gasteiger partial charge in [-0.05, 0) is 18.3 Å². The van der Waals surface area contributed by atoms with Crippen molar-refractivity contribution < 1.29 is 0 Å². The molecular formula is C24H50. The Morgan fingerprint density at radius 2 is 0.750 bits per heavy atom. The molecule has 0 aliphatic carbocycles. The van der Waals surface area contributed by atoms with Gasteiger partial charge in [-0.1, -0.05) is 137 Å². The molecule has 2 unspecified atom stereocenters. The first-order chi connectivity index (χ1) is 11.8. The summed E-state index contributed by atoms with van der Waals surface area (Å²) >= 11 is 0. The van der Waals surface area contributed by atoms with Crippen LogP contribution in [-0.4, -0.2) is 0 Å². The smallest absolute Gasteiger partial charge is 0.0412 e. The summed E-state index contributed by atoms with van der Waals surface area (Å²) in [7, 11) is 0. The van der Waals surface area contributed by atoms with Crippen molar-refractivity contribution in [2.75, 3.05) is 0 Å². The summed E-state index contributed by atoms with van der Waals surface area (Å²) < 4.78 is 0. The Morgan fingerprint density at radius 1 is 0.375 bits per heavy atom. The van der Waals surface area contributed by atoms with Gasteiger partial charge in [0.1, 0.15) is 0 Å². The van der Waals surface area contributed by atoms with Crippen molar-refractivity contribution in [3.8, 4) is 0 Å². The molecule has 24 heavy (non-hydrogen) atoms. The van der Waals surface area contributed by atoms with Crippen LogP contribution in [0, 0.1) is 11.8 Å². The molecule has 0 saturated heterocycles. The maximum absolute atomic E-state index is 2.38. The van der Waals surface area contributed by atoms with Crippen LogP contribution in [0.4, 0.5) is 0 Å². The van der Waals surface area contributed by atoms with Crippen LogP contribution in [0.25, 0.3) is 0 Å². The van der Waals surface area contributed by atoms with Gasteiger partial charge >= 0.3 is 0 Å². The molecule has 0 spiro atoms. The Morgan fingerprint density at radius 3 is 1.25 bits per heavy atom. The Bertz CT molecular complexity index is 220. The first kappa shape index (κ1) is 24.0. The first-order valence-electron chi connectivity index (χ1n) is 11.8. The van der Waals surface area contributed by atoms with E-state index >= 15 is 0 Å². The second-order valence-electron chi connectivity index (χ2n) is 8.30. The number of rotatable bonds is 19. The third-order valence-electron chi connectivity index (χ3n) is 5.76. The Hall–Kier alpha value is 0. The van der Waals surface area contributed by atoms with Gasteiger partial charge in [0.15, 0.2) is 0 Å². The van der Waals surface area contributed by atoms with Crippen LogP contribution in [0.2, 0.25) is 0 Å². The minimum atomic E-state index is 1.02. The van der Waals surface area contributed by atoms with E-state index in [1.54, 1.807) is 0 Å². The van der Waals surface area contributed by atoms with Gasteiger partial charge in [0, 0.05) is 0 Å². The lowest BCUT2D eigenvalue weighted by molar-refractivity contribution is 0.287. The Balaban J connectivity index is 4.22. The van der Waals surface area contributed by atoms with E-state index in [1.807, 2.05) is 0 Å². The van der Waals surface area contributed by atoms with E-state index in [9.17, 15) is 0 Å². The molecule has 0 N–H and O–H groups in total. The monoisotopic (exact) mass is 338 g/mol. The summed E-state index contributed by atoms with van der Waals surface area (Å²) in [6.45, 7) is 9.37. The fraction of sp³-hybridized carbons (Fsp3) is 1.00. The van der Waals surface area contributed by atoms with Crippen molar-refractivity contribution in [3.05, 3.63) is 0 Å². The fourth-order valence-corrected chi connectivity index (χ4v) is 4.22. The van der Waals surface area contributed by atoms with E-state index < -0.39 is 0 Å². The predicted molar refractivity (Wildman–Crippen MR) is 113 cm³/mol. The number of hydrogen-bond acceptors (Lipinski definition) is 0. The van der Waals surface area contributed by atoms with E-state index in [1.165, 1.54) is 116 Å². The molecule has 0 nitrogen and oxygen atoms in total. The molecule has 2 atom stereocenters. The van der Waals surface area contributed by atoms with Crippen molar-refractivity contribution >= 4 is 0 Å². The van der Waals surface area contributed by atoms with Crippen LogP contribution in [0.15, 0.2) is 0 Å². The minimum absolute atomic E-state index is 1.02. The number of unbranched alkanes of at least 4 members (excludes halogenated alkanes) is 9. The van der Waals surface area contributed by atoms with Crippen LogP contribution in [0.1, 0.15) is 143 Å². The van der Waals surface area contributed by atoms with Gasteiger partial charge in [-0.2, -0.15) is 0 Å². The van der Waals surface area contributed by atoms with Gasteiger partial charge in [0.25, 0.3) is 0 Å².